The number of carboxylic acid groups (broad SMARTS) is 2. The van der Waals surface area contributed by atoms with Crippen LogP contribution in [0.15, 0.2) is 0 Å². The molecule has 0 aromatic heterocycles. The van der Waals surface area contributed by atoms with Gasteiger partial charge >= 0.3 is 11.9 Å². The maximum absolute atomic E-state index is 10.2. The number of carbonyl (C=O) groups is 2. The third kappa shape index (κ3) is 58.5. The summed E-state index contributed by atoms with van der Waals surface area (Å²) in [6.45, 7) is 31.9. The summed E-state index contributed by atoms with van der Waals surface area (Å²) in [7, 11) is 0. The van der Waals surface area contributed by atoms with E-state index in [9.17, 15) is 9.59 Å². The second-order valence-corrected chi connectivity index (χ2v) is 18.6. The SMILES string of the molecule is CC(C)(C)CCCC(C)(C)C.CC(C)(C)CCCC(C)(C)C.CCSCC[C@H](N)C(=O)O.CCSCC[C@H](N)C(=O)O.[Zr]. The molecule has 0 spiro atoms. The van der Waals surface area contributed by atoms with E-state index in [4.69, 9.17) is 21.7 Å². The van der Waals surface area contributed by atoms with E-state index in [0.717, 1.165) is 23.0 Å². The van der Waals surface area contributed by atoms with Crippen molar-refractivity contribution in [1.82, 2.24) is 0 Å². The van der Waals surface area contributed by atoms with E-state index in [0.29, 0.717) is 34.5 Å². The van der Waals surface area contributed by atoms with Gasteiger partial charge < -0.3 is 21.7 Å². The van der Waals surface area contributed by atoms with Crippen molar-refractivity contribution in [3.63, 3.8) is 0 Å². The molecule has 43 heavy (non-hydrogen) atoms. The Balaban J connectivity index is -0.000000148. The minimum Gasteiger partial charge on any atom is -0.480 e. The first-order valence-corrected chi connectivity index (χ1v) is 18.2. The molecule has 0 aliphatic carbocycles. The molecule has 0 radical (unpaired) electrons. The number of nitrogens with two attached hydrogens (primary N) is 2. The molecule has 9 heteroatoms. The zero-order valence-electron chi connectivity index (χ0n) is 30.8. The average Bonchev–Trinajstić information content (AvgIpc) is 2.77. The summed E-state index contributed by atoms with van der Waals surface area (Å²) in [5.41, 5.74) is 12.6. The first kappa shape index (κ1) is 53.0. The molecule has 0 unspecified atom stereocenters. The molecule has 260 valence electrons. The van der Waals surface area contributed by atoms with E-state index in [1.54, 1.807) is 23.5 Å². The summed E-state index contributed by atoms with van der Waals surface area (Å²) in [6.07, 6.45) is 9.27. The third-order valence-corrected chi connectivity index (χ3v) is 7.76. The minimum atomic E-state index is -0.906. The van der Waals surface area contributed by atoms with Gasteiger partial charge in [-0.15, -0.1) is 0 Å². The summed E-state index contributed by atoms with van der Waals surface area (Å²) < 4.78 is 0. The van der Waals surface area contributed by atoms with E-state index < -0.39 is 24.0 Å². The maximum atomic E-state index is 10.2. The summed E-state index contributed by atoms with van der Waals surface area (Å²) in [6, 6.07) is -1.36. The van der Waals surface area contributed by atoms with Crippen LogP contribution in [-0.2, 0) is 35.8 Å². The molecule has 6 nitrogen and oxygen atoms in total. The van der Waals surface area contributed by atoms with Gasteiger partial charge in [-0.05, 0) is 83.2 Å². The van der Waals surface area contributed by atoms with Crippen LogP contribution in [-0.4, -0.2) is 57.2 Å². The zero-order chi connectivity index (χ0) is 34.2. The molecule has 0 aromatic rings. The molecule has 0 fully saturated rings. The van der Waals surface area contributed by atoms with Crippen LogP contribution in [0.4, 0.5) is 0 Å². The molecule has 0 aromatic carbocycles. The van der Waals surface area contributed by atoms with Crippen LogP contribution in [0.2, 0.25) is 0 Å². The Morgan fingerprint density at radius 3 is 0.907 bits per heavy atom. The molecule has 0 bridgehead atoms. The summed E-state index contributed by atoms with van der Waals surface area (Å²) in [4.78, 5) is 20.3. The average molecular weight is 730 g/mol. The minimum absolute atomic E-state index is 0. The largest absolute Gasteiger partial charge is 0.480 e. The molecule has 0 aliphatic heterocycles. The summed E-state index contributed by atoms with van der Waals surface area (Å²) >= 11 is 3.42. The Morgan fingerprint density at radius 2 is 0.767 bits per heavy atom. The summed E-state index contributed by atoms with van der Waals surface area (Å²) in [5.74, 6) is 1.90. The molecular weight excluding hydrogens is 656 g/mol. The van der Waals surface area contributed by atoms with Crippen molar-refractivity contribution in [1.29, 1.82) is 0 Å². The van der Waals surface area contributed by atoms with Gasteiger partial charge in [-0.25, -0.2) is 0 Å². The first-order valence-electron chi connectivity index (χ1n) is 15.9. The fraction of sp³-hybridized carbons (Fsp3) is 0.941. The third-order valence-electron chi connectivity index (χ3n) is 5.90. The predicted octanol–water partition coefficient (Wildman–Crippen LogP) is 9.58. The molecule has 6 N–H and O–H groups in total. The second-order valence-electron chi connectivity index (χ2n) is 15.8. The Hall–Kier alpha value is 0.443. The van der Waals surface area contributed by atoms with Crippen LogP contribution < -0.4 is 11.5 Å². The van der Waals surface area contributed by atoms with Gasteiger partial charge in [-0.2, -0.15) is 23.5 Å². The smallest absolute Gasteiger partial charge is 0.320 e. The topological polar surface area (TPSA) is 127 Å². The predicted molar refractivity (Wildman–Crippen MR) is 192 cm³/mol. The van der Waals surface area contributed by atoms with E-state index in [1.165, 1.54) is 38.5 Å². The van der Waals surface area contributed by atoms with Crippen molar-refractivity contribution < 1.29 is 46.0 Å². The Labute approximate surface area is 296 Å². The summed E-state index contributed by atoms with van der Waals surface area (Å²) in [5, 5.41) is 16.7. The van der Waals surface area contributed by atoms with Crippen molar-refractivity contribution in [3.8, 4) is 0 Å². The Morgan fingerprint density at radius 1 is 0.558 bits per heavy atom. The van der Waals surface area contributed by atoms with Gasteiger partial charge in [-0.3, -0.25) is 9.59 Å². The Bertz CT molecular complexity index is 569. The molecule has 2 atom stereocenters. The number of carboxylic acids is 2. The number of hydrogen-bond donors (Lipinski definition) is 4. The zero-order valence-corrected chi connectivity index (χ0v) is 34.9. The fourth-order valence-corrected chi connectivity index (χ4v) is 4.67. The van der Waals surface area contributed by atoms with Crippen molar-refractivity contribution in [2.24, 2.45) is 33.1 Å². The van der Waals surface area contributed by atoms with E-state index in [2.05, 4.69) is 83.1 Å². The van der Waals surface area contributed by atoms with Gasteiger partial charge in [-0.1, -0.05) is 110 Å². The molecule has 0 rings (SSSR count). The van der Waals surface area contributed by atoms with Crippen LogP contribution in [0, 0.1) is 21.7 Å². The number of rotatable bonds is 14. The molecule has 0 saturated heterocycles. The van der Waals surface area contributed by atoms with Crippen LogP contribution in [0.1, 0.15) is 148 Å². The van der Waals surface area contributed by atoms with Crippen LogP contribution in [0.25, 0.3) is 0 Å². The van der Waals surface area contributed by atoms with Crippen molar-refractivity contribution in [2.45, 2.75) is 160 Å². The van der Waals surface area contributed by atoms with Gasteiger partial charge in [0, 0.05) is 26.2 Å². The first-order chi connectivity index (χ1) is 18.8. The Kier molecular flexibility index (Phi) is 35.3. The van der Waals surface area contributed by atoms with Gasteiger partial charge in [0.25, 0.3) is 0 Å². The van der Waals surface area contributed by atoms with Crippen LogP contribution >= 0.6 is 23.5 Å². The molecule has 0 aliphatic rings. The van der Waals surface area contributed by atoms with Gasteiger partial charge in [0.05, 0.1) is 0 Å². The van der Waals surface area contributed by atoms with Crippen molar-refractivity contribution in [3.05, 3.63) is 0 Å². The van der Waals surface area contributed by atoms with Gasteiger partial charge in [0.1, 0.15) is 12.1 Å². The molecule has 0 saturated carbocycles. The van der Waals surface area contributed by atoms with E-state index in [1.807, 2.05) is 13.8 Å². The molecule has 0 heterocycles. The molecule has 0 amide bonds. The number of thioether (sulfide) groups is 2. The van der Waals surface area contributed by atoms with Crippen LogP contribution in [0.5, 0.6) is 0 Å². The second kappa shape index (κ2) is 28.6. The van der Waals surface area contributed by atoms with Crippen LogP contribution in [0.3, 0.4) is 0 Å². The standard InChI is InChI=1S/2C11H24.2C6H13NO2S.Zr/c2*1-10(2,3)8-7-9-11(4,5)6;2*1-2-10-4-3-5(7)6(8)9;/h2*7-9H2,1-6H3;2*5H,2-4,7H2,1H3,(H,8,9);/t;;2*5-;/m..00./s1. The maximum Gasteiger partial charge on any atom is 0.320 e. The van der Waals surface area contributed by atoms with Crippen molar-refractivity contribution >= 4 is 35.5 Å². The van der Waals surface area contributed by atoms with Gasteiger partial charge in [0.2, 0.25) is 0 Å². The van der Waals surface area contributed by atoms with E-state index in [-0.39, 0.29) is 26.2 Å². The monoisotopic (exact) mass is 728 g/mol. The fourth-order valence-electron chi connectivity index (χ4n) is 3.25. The normalized spacial score (nSPS) is 13.0. The van der Waals surface area contributed by atoms with Gasteiger partial charge in [0.15, 0.2) is 0 Å². The van der Waals surface area contributed by atoms with E-state index >= 15 is 0 Å². The van der Waals surface area contributed by atoms with Crippen molar-refractivity contribution in [2.75, 3.05) is 23.0 Å². The molecular formula is C34H74N2O4S2Zr. The quantitative estimate of drug-likeness (QED) is 0.130. The number of hydrogen-bond acceptors (Lipinski definition) is 6. The number of aliphatic carboxylic acids is 2.